The van der Waals surface area contributed by atoms with Crippen LogP contribution in [0.2, 0.25) is 10.0 Å². The minimum absolute atomic E-state index is 0.0247. The number of carbonyl (C=O) groups excluding carboxylic acids is 1. The number of sulfone groups is 1. The maximum absolute atomic E-state index is 12.5. The molecule has 10 heteroatoms. The van der Waals surface area contributed by atoms with Gasteiger partial charge in [-0.3, -0.25) is 4.79 Å². The van der Waals surface area contributed by atoms with Gasteiger partial charge >= 0.3 is 0 Å². The lowest BCUT2D eigenvalue weighted by atomic mass is 10.0. The number of fused-ring (bicyclic) bond motifs is 2. The first-order chi connectivity index (χ1) is 19.2. The Balaban J connectivity index is 1.08. The Kier molecular flexibility index (Phi) is 7.72. The molecule has 40 heavy (non-hydrogen) atoms. The summed E-state index contributed by atoms with van der Waals surface area (Å²) >= 11 is 13.0. The van der Waals surface area contributed by atoms with E-state index in [0.717, 1.165) is 49.2 Å². The van der Waals surface area contributed by atoms with Crippen LogP contribution in [0, 0.1) is 5.92 Å². The highest BCUT2D eigenvalue weighted by Crippen LogP contribution is 2.47. The summed E-state index contributed by atoms with van der Waals surface area (Å²) in [5, 5.41) is 5.46. The van der Waals surface area contributed by atoms with Crippen molar-refractivity contribution in [3.63, 3.8) is 0 Å². The van der Waals surface area contributed by atoms with E-state index in [1.54, 1.807) is 0 Å². The molecule has 3 aromatic rings. The van der Waals surface area contributed by atoms with E-state index in [1.165, 1.54) is 6.26 Å². The van der Waals surface area contributed by atoms with E-state index in [1.807, 2.05) is 42.5 Å². The summed E-state index contributed by atoms with van der Waals surface area (Å²) in [5.41, 5.74) is 4.04. The summed E-state index contributed by atoms with van der Waals surface area (Å²) < 4.78 is 35.0. The maximum atomic E-state index is 12.5. The Morgan fingerprint density at radius 1 is 1.10 bits per heavy atom. The van der Waals surface area contributed by atoms with Gasteiger partial charge in [-0.15, -0.1) is 0 Å². The SMILES string of the molecule is CS(=O)(=O)CCCC(=O)c1ccc(N2C[C@@H]3C[C@H]2C[C@H]3OCc2c(-c3c(Cl)cccc3Cl)noc2C2CC2)cc1. The van der Waals surface area contributed by atoms with Gasteiger partial charge in [-0.1, -0.05) is 34.4 Å². The standard InChI is InChI=1S/C30H32Cl2N2O5S/c1-40(36,37)13-3-6-26(35)18-9-11-21(12-10-18)34-16-20-14-22(34)15-27(20)38-17-23-29(33-39-30(23)19-7-8-19)28-24(31)4-2-5-25(28)32/h2,4-5,9-12,19-20,22,27H,3,6-8,13-17H2,1H3/t20-,22-,27+/m0/s1. The Morgan fingerprint density at radius 3 is 2.45 bits per heavy atom. The number of hydrogen-bond acceptors (Lipinski definition) is 7. The first kappa shape index (κ1) is 27.8. The summed E-state index contributed by atoms with van der Waals surface area (Å²) in [6.07, 6.45) is 6.10. The van der Waals surface area contributed by atoms with Crippen molar-refractivity contribution in [1.29, 1.82) is 0 Å². The minimum Gasteiger partial charge on any atom is -0.373 e. The number of anilines is 1. The molecule has 0 radical (unpaired) electrons. The van der Waals surface area contributed by atoms with Crippen molar-refractivity contribution in [3.05, 3.63) is 69.4 Å². The van der Waals surface area contributed by atoms with Crippen LogP contribution >= 0.6 is 23.2 Å². The van der Waals surface area contributed by atoms with Gasteiger partial charge in [0, 0.05) is 59.5 Å². The summed E-state index contributed by atoms with van der Waals surface area (Å²) in [6.45, 7) is 1.32. The zero-order valence-electron chi connectivity index (χ0n) is 22.3. The van der Waals surface area contributed by atoms with Gasteiger partial charge in [0.25, 0.3) is 0 Å². The molecule has 2 aliphatic carbocycles. The fourth-order valence-electron chi connectivity index (χ4n) is 6.14. The molecule has 0 unspecified atom stereocenters. The normalized spacial score (nSPS) is 22.3. The molecular weight excluding hydrogens is 571 g/mol. The number of ketones is 1. The second-order valence-corrected chi connectivity index (χ2v) is 14.4. The summed E-state index contributed by atoms with van der Waals surface area (Å²) in [6, 6.07) is 13.5. The van der Waals surface area contributed by atoms with Crippen molar-refractivity contribution in [2.75, 3.05) is 23.5 Å². The predicted molar refractivity (Wildman–Crippen MR) is 156 cm³/mol. The van der Waals surface area contributed by atoms with Crippen LogP contribution in [-0.4, -0.2) is 50.1 Å². The van der Waals surface area contributed by atoms with Crippen LogP contribution in [0.4, 0.5) is 5.69 Å². The molecule has 1 aromatic heterocycles. The lowest BCUT2D eigenvalue weighted by Gasteiger charge is -2.33. The van der Waals surface area contributed by atoms with Gasteiger partial charge in [-0.05, 0) is 68.5 Å². The molecule has 1 aliphatic heterocycles. The Bertz CT molecular complexity index is 1500. The van der Waals surface area contributed by atoms with E-state index >= 15 is 0 Å². The third kappa shape index (κ3) is 5.82. The first-order valence-corrected chi connectivity index (χ1v) is 16.6. The predicted octanol–water partition coefficient (Wildman–Crippen LogP) is 6.72. The number of carbonyl (C=O) groups is 1. The number of aromatic nitrogens is 1. The molecule has 2 bridgehead atoms. The third-order valence-electron chi connectivity index (χ3n) is 8.32. The van der Waals surface area contributed by atoms with Gasteiger partial charge in [0.1, 0.15) is 21.3 Å². The molecule has 1 saturated heterocycles. The molecule has 7 nitrogen and oxygen atoms in total. The van der Waals surface area contributed by atoms with Crippen LogP contribution in [0.25, 0.3) is 11.3 Å². The van der Waals surface area contributed by atoms with E-state index in [-0.39, 0.29) is 24.1 Å². The van der Waals surface area contributed by atoms with Gasteiger partial charge in [0.15, 0.2) is 5.78 Å². The lowest BCUT2D eigenvalue weighted by molar-refractivity contribution is 0.0122. The Hall–Kier alpha value is -2.39. The number of rotatable bonds is 11. The van der Waals surface area contributed by atoms with Crippen molar-refractivity contribution in [2.24, 2.45) is 5.92 Å². The van der Waals surface area contributed by atoms with Crippen molar-refractivity contribution in [2.45, 2.75) is 63.2 Å². The molecule has 2 aromatic carbocycles. The Labute approximate surface area is 244 Å². The van der Waals surface area contributed by atoms with E-state index in [9.17, 15) is 13.2 Å². The minimum atomic E-state index is -3.06. The van der Waals surface area contributed by atoms with Crippen molar-refractivity contribution in [1.82, 2.24) is 5.16 Å². The zero-order valence-corrected chi connectivity index (χ0v) is 24.6. The lowest BCUT2D eigenvalue weighted by Crippen LogP contribution is -2.38. The fraction of sp³-hybridized carbons (Fsp3) is 0.467. The van der Waals surface area contributed by atoms with Gasteiger partial charge in [0.2, 0.25) is 0 Å². The van der Waals surface area contributed by atoms with Crippen LogP contribution in [0.1, 0.15) is 66.1 Å². The molecule has 0 spiro atoms. The van der Waals surface area contributed by atoms with Gasteiger partial charge < -0.3 is 14.2 Å². The second kappa shape index (κ2) is 11.1. The third-order valence-corrected chi connectivity index (χ3v) is 9.99. The molecular formula is C30H32Cl2N2O5S. The number of ether oxygens (including phenoxy) is 1. The van der Waals surface area contributed by atoms with E-state index in [2.05, 4.69) is 10.1 Å². The average Bonchev–Trinajstić information content (AvgIpc) is 3.36. The zero-order chi connectivity index (χ0) is 28.0. The quantitative estimate of drug-likeness (QED) is 0.225. The van der Waals surface area contributed by atoms with E-state index in [4.69, 9.17) is 32.5 Å². The second-order valence-electron chi connectivity index (χ2n) is 11.3. The highest BCUT2D eigenvalue weighted by Gasteiger charge is 2.45. The van der Waals surface area contributed by atoms with Crippen LogP contribution in [0.5, 0.6) is 0 Å². The molecule has 2 saturated carbocycles. The smallest absolute Gasteiger partial charge is 0.162 e. The molecule has 0 N–H and O–H groups in total. The van der Waals surface area contributed by atoms with Crippen molar-refractivity contribution in [3.8, 4) is 11.3 Å². The molecule has 3 fully saturated rings. The molecule has 2 heterocycles. The highest BCUT2D eigenvalue weighted by atomic mass is 35.5. The number of benzene rings is 2. The average molecular weight is 604 g/mol. The van der Waals surface area contributed by atoms with Gasteiger partial charge in [0.05, 0.1) is 28.5 Å². The summed E-state index contributed by atoms with van der Waals surface area (Å²) in [5.74, 6) is 1.69. The maximum Gasteiger partial charge on any atom is 0.162 e. The number of piperidine rings is 1. The molecule has 3 atom stereocenters. The Morgan fingerprint density at radius 2 is 1.82 bits per heavy atom. The van der Waals surface area contributed by atoms with Crippen molar-refractivity contribution >= 4 is 44.5 Å². The van der Waals surface area contributed by atoms with Crippen LogP contribution in [0.15, 0.2) is 47.0 Å². The molecule has 212 valence electrons. The highest BCUT2D eigenvalue weighted by molar-refractivity contribution is 7.90. The largest absolute Gasteiger partial charge is 0.373 e. The molecule has 0 amide bonds. The fourth-order valence-corrected chi connectivity index (χ4v) is 7.39. The summed E-state index contributed by atoms with van der Waals surface area (Å²) in [7, 11) is -3.06. The monoisotopic (exact) mass is 602 g/mol. The number of Topliss-reactive ketones (excluding diaryl/α,β-unsaturated/α-hetero) is 1. The van der Waals surface area contributed by atoms with Gasteiger partial charge in [-0.2, -0.15) is 0 Å². The first-order valence-electron chi connectivity index (χ1n) is 13.8. The molecule has 6 rings (SSSR count). The topological polar surface area (TPSA) is 89.7 Å². The number of hydrogen-bond donors (Lipinski definition) is 0. The number of halogens is 2. The van der Waals surface area contributed by atoms with Crippen LogP contribution in [0.3, 0.4) is 0 Å². The van der Waals surface area contributed by atoms with E-state index < -0.39 is 9.84 Å². The van der Waals surface area contributed by atoms with Crippen LogP contribution in [-0.2, 0) is 21.2 Å². The van der Waals surface area contributed by atoms with Gasteiger partial charge in [-0.25, -0.2) is 8.42 Å². The van der Waals surface area contributed by atoms with E-state index in [0.29, 0.717) is 57.8 Å². The summed E-state index contributed by atoms with van der Waals surface area (Å²) in [4.78, 5) is 14.9. The van der Waals surface area contributed by atoms with Crippen LogP contribution < -0.4 is 4.90 Å². The van der Waals surface area contributed by atoms with Crippen molar-refractivity contribution < 1.29 is 22.5 Å². The molecule has 3 aliphatic rings. The number of nitrogens with zero attached hydrogens (tertiary/aromatic N) is 2.